The van der Waals surface area contributed by atoms with E-state index in [1.54, 1.807) is 13.8 Å². The largest absolute Gasteiger partial charge is 0.273 e. The monoisotopic (exact) mass is 374 g/mol. The van der Waals surface area contributed by atoms with E-state index in [0.29, 0.717) is 6.54 Å². The summed E-state index contributed by atoms with van der Waals surface area (Å²) in [4.78, 5) is 12.3. The lowest BCUT2D eigenvalue weighted by atomic mass is 9.95. The number of hydrogen-bond donors (Lipinski definition) is 1. The average molecular weight is 374 g/mol. The summed E-state index contributed by atoms with van der Waals surface area (Å²) in [6.45, 7) is 7.22. The van der Waals surface area contributed by atoms with Crippen molar-refractivity contribution in [1.29, 1.82) is 0 Å². The van der Waals surface area contributed by atoms with Crippen molar-refractivity contribution in [1.82, 2.24) is 4.72 Å². The maximum Gasteiger partial charge on any atom is 0.247 e. The van der Waals surface area contributed by atoms with Crippen molar-refractivity contribution in [3.63, 3.8) is 0 Å². The van der Waals surface area contributed by atoms with Crippen LogP contribution in [0.5, 0.6) is 0 Å². The Morgan fingerprint density at radius 1 is 1.21 bits per heavy atom. The van der Waals surface area contributed by atoms with Crippen LogP contribution in [0, 0.1) is 11.3 Å². The van der Waals surface area contributed by atoms with Gasteiger partial charge < -0.3 is 0 Å². The molecule has 1 fully saturated rings. The Bertz CT molecular complexity index is 840. The molecule has 1 aromatic carbocycles. The van der Waals surface area contributed by atoms with Crippen molar-refractivity contribution >= 4 is 31.6 Å². The molecule has 0 radical (unpaired) electrons. The molecule has 0 saturated carbocycles. The molecule has 1 heterocycles. The van der Waals surface area contributed by atoms with Crippen LogP contribution in [0.2, 0.25) is 0 Å². The fourth-order valence-corrected chi connectivity index (χ4v) is 5.70. The third-order valence-corrected chi connectivity index (χ3v) is 7.11. The highest BCUT2D eigenvalue weighted by atomic mass is 32.2. The van der Waals surface area contributed by atoms with E-state index >= 15 is 0 Å². The SMILES string of the molecule is CC(C)CNS(=O)(=O)c1ccc(N2C(=O)C(C)(C)CS2(=O)=O)cc1. The van der Waals surface area contributed by atoms with E-state index in [-0.39, 0.29) is 22.3 Å². The van der Waals surface area contributed by atoms with Crippen LogP contribution in [-0.4, -0.2) is 35.0 Å². The van der Waals surface area contributed by atoms with Crippen molar-refractivity contribution in [3.8, 4) is 0 Å². The summed E-state index contributed by atoms with van der Waals surface area (Å²) in [5.41, 5.74) is -0.851. The third-order valence-electron chi connectivity index (χ3n) is 3.65. The predicted molar refractivity (Wildman–Crippen MR) is 91.5 cm³/mol. The summed E-state index contributed by atoms with van der Waals surface area (Å²) in [6, 6.07) is 5.26. The predicted octanol–water partition coefficient (Wildman–Crippen LogP) is 1.32. The number of amides is 1. The molecule has 24 heavy (non-hydrogen) atoms. The van der Waals surface area contributed by atoms with Gasteiger partial charge in [-0.3, -0.25) is 4.79 Å². The van der Waals surface area contributed by atoms with Crippen molar-refractivity contribution in [3.05, 3.63) is 24.3 Å². The molecule has 9 heteroatoms. The maximum atomic E-state index is 12.3. The summed E-state index contributed by atoms with van der Waals surface area (Å²) in [7, 11) is -7.41. The molecular weight excluding hydrogens is 352 g/mol. The maximum absolute atomic E-state index is 12.3. The zero-order chi connectivity index (χ0) is 18.3. The van der Waals surface area contributed by atoms with Gasteiger partial charge in [0.15, 0.2) is 0 Å². The van der Waals surface area contributed by atoms with Gasteiger partial charge in [-0.05, 0) is 44.0 Å². The third kappa shape index (κ3) is 3.62. The van der Waals surface area contributed by atoms with Gasteiger partial charge in [0.1, 0.15) is 0 Å². The van der Waals surface area contributed by atoms with Gasteiger partial charge in [0, 0.05) is 6.54 Å². The lowest BCUT2D eigenvalue weighted by Gasteiger charge is -2.17. The van der Waals surface area contributed by atoms with Crippen LogP contribution in [-0.2, 0) is 24.8 Å². The van der Waals surface area contributed by atoms with Gasteiger partial charge in [-0.2, -0.15) is 0 Å². The first kappa shape index (κ1) is 18.9. The highest BCUT2D eigenvalue weighted by Gasteiger charge is 2.49. The number of anilines is 1. The molecule has 1 N–H and O–H groups in total. The van der Waals surface area contributed by atoms with Crippen LogP contribution >= 0.6 is 0 Å². The second kappa shape index (κ2) is 6.12. The Labute approximate surface area is 143 Å². The van der Waals surface area contributed by atoms with Gasteiger partial charge in [-0.25, -0.2) is 25.9 Å². The van der Waals surface area contributed by atoms with Crippen molar-refractivity contribution in [2.45, 2.75) is 32.6 Å². The summed E-state index contributed by atoms with van der Waals surface area (Å²) in [5, 5.41) is 0. The van der Waals surface area contributed by atoms with Crippen molar-refractivity contribution in [2.24, 2.45) is 11.3 Å². The van der Waals surface area contributed by atoms with Gasteiger partial charge in [0.2, 0.25) is 26.0 Å². The zero-order valence-electron chi connectivity index (χ0n) is 14.1. The number of nitrogens with zero attached hydrogens (tertiary/aromatic N) is 1. The zero-order valence-corrected chi connectivity index (χ0v) is 15.7. The molecule has 1 saturated heterocycles. The number of carbonyl (C=O) groups excluding carboxylic acids is 1. The first-order valence-electron chi connectivity index (χ1n) is 7.54. The second-order valence-corrected chi connectivity index (χ2v) is 10.5. The first-order valence-corrected chi connectivity index (χ1v) is 10.6. The summed E-state index contributed by atoms with van der Waals surface area (Å²) in [5.74, 6) is -0.626. The van der Waals surface area contributed by atoms with Crippen LogP contribution in [0.4, 0.5) is 5.69 Å². The van der Waals surface area contributed by atoms with Gasteiger partial charge in [-0.15, -0.1) is 0 Å². The summed E-state index contributed by atoms with van der Waals surface area (Å²) in [6.07, 6.45) is 0. The van der Waals surface area contributed by atoms with Gasteiger partial charge in [-0.1, -0.05) is 13.8 Å². The van der Waals surface area contributed by atoms with E-state index in [9.17, 15) is 21.6 Å². The quantitative estimate of drug-likeness (QED) is 0.838. The minimum absolute atomic E-state index is 0.0233. The average Bonchev–Trinajstić information content (AvgIpc) is 2.61. The Balaban J connectivity index is 2.32. The molecule has 7 nitrogen and oxygen atoms in total. The molecular formula is C15H22N2O5S2. The Morgan fingerprint density at radius 2 is 1.75 bits per heavy atom. The van der Waals surface area contributed by atoms with Crippen LogP contribution in [0.1, 0.15) is 27.7 Å². The fraction of sp³-hybridized carbons (Fsp3) is 0.533. The van der Waals surface area contributed by atoms with E-state index in [4.69, 9.17) is 0 Å². The topological polar surface area (TPSA) is 101 Å². The summed E-state index contributed by atoms with van der Waals surface area (Å²) < 4.78 is 52.0. The van der Waals surface area contributed by atoms with E-state index in [0.717, 1.165) is 4.31 Å². The minimum Gasteiger partial charge on any atom is -0.273 e. The minimum atomic E-state index is -3.75. The number of nitrogens with one attached hydrogen (secondary N) is 1. The number of rotatable bonds is 5. The first-order chi connectivity index (χ1) is 10.9. The van der Waals surface area contributed by atoms with Gasteiger partial charge in [0.05, 0.1) is 21.8 Å². The molecule has 1 aliphatic rings. The van der Waals surface area contributed by atoms with Crippen LogP contribution in [0.25, 0.3) is 0 Å². The molecule has 1 amide bonds. The Kier molecular flexibility index (Phi) is 4.82. The number of carbonyl (C=O) groups is 1. The molecule has 0 atom stereocenters. The summed E-state index contributed by atoms with van der Waals surface area (Å²) >= 11 is 0. The lowest BCUT2D eigenvalue weighted by Crippen LogP contribution is -2.33. The number of sulfonamides is 2. The lowest BCUT2D eigenvalue weighted by molar-refractivity contribution is -0.123. The Morgan fingerprint density at radius 3 is 2.17 bits per heavy atom. The molecule has 0 bridgehead atoms. The number of hydrogen-bond acceptors (Lipinski definition) is 5. The molecule has 0 aliphatic carbocycles. The normalized spacial score (nSPS) is 19.9. The van der Waals surface area contributed by atoms with E-state index < -0.39 is 31.4 Å². The smallest absolute Gasteiger partial charge is 0.247 e. The molecule has 0 aromatic heterocycles. The fourth-order valence-electron chi connectivity index (χ4n) is 2.38. The van der Waals surface area contributed by atoms with E-state index in [1.165, 1.54) is 24.3 Å². The van der Waals surface area contributed by atoms with Crippen LogP contribution in [0.3, 0.4) is 0 Å². The van der Waals surface area contributed by atoms with E-state index in [1.807, 2.05) is 13.8 Å². The molecule has 0 spiro atoms. The van der Waals surface area contributed by atoms with Crippen LogP contribution in [0.15, 0.2) is 29.2 Å². The number of benzene rings is 1. The molecule has 2 rings (SSSR count). The van der Waals surface area contributed by atoms with Crippen LogP contribution < -0.4 is 9.03 Å². The van der Waals surface area contributed by atoms with Gasteiger partial charge in [0.25, 0.3) is 0 Å². The Hall–Kier alpha value is -1.45. The van der Waals surface area contributed by atoms with Crippen molar-refractivity contribution in [2.75, 3.05) is 16.6 Å². The highest BCUT2D eigenvalue weighted by Crippen LogP contribution is 2.35. The van der Waals surface area contributed by atoms with Crippen molar-refractivity contribution < 1.29 is 21.6 Å². The van der Waals surface area contributed by atoms with E-state index in [2.05, 4.69) is 4.72 Å². The molecule has 1 aromatic rings. The molecule has 134 valence electrons. The molecule has 1 aliphatic heterocycles. The second-order valence-electron chi connectivity index (χ2n) is 6.95. The van der Waals surface area contributed by atoms with Gasteiger partial charge >= 0.3 is 0 Å². The molecule has 0 unspecified atom stereocenters. The standard InChI is InChI=1S/C15H22N2O5S2/c1-11(2)9-16-24(21,22)13-7-5-12(6-8-13)17-14(18)15(3,4)10-23(17,19)20/h5-8,11,16H,9-10H2,1-4H3. The highest BCUT2D eigenvalue weighted by molar-refractivity contribution is 7.94.